The Kier molecular flexibility index (Phi) is 3.85. The van der Waals surface area contributed by atoms with E-state index in [0.717, 1.165) is 11.4 Å². The van der Waals surface area contributed by atoms with Crippen LogP contribution in [0.1, 0.15) is 21.5 Å². The van der Waals surface area contributed by atoms with Crippen molar-refractivity contribution in [3.63, 3.8) is 0 Å². The van der Waals surface area contributed by atoms with Crippen LogP contribution in [0.4, 0.5) is 11.4 Å². The normalized spacial score (nSPS) is 10.1. The molecular formula is C16H17NO2. The maximum absolute atomic E-state index is 11.3. The highest BCUT2D eigenvalue weighted by Crippen LogP contribution is 2.20. The minimum atomic E-state index is -0.322. The standard InChI is InChI=1S/C16H17NO2/c1-11-4-7-15(10-12(11)2)17-14-8-5-13(6-9-14)16(18)19-3/h4-10,17H,1-3H3. The Morgan fingerprint density at radius 2 is 1.58 bits per heavy atom. The van der Waals surface area contributed by atoms with Crippen molar-refractivity contribution in [1.82, 2.24) is 0 Å². The van der Waals surface area contributed by atoms with Crippen molar-refractivity contribution < 1.29 is 9.53 Å². The lowest BCUT2D eigenvalue weighted by molar-refractivity contribution is 0.0601. The molecule has 3 heteroatoms. The lowest BCUT2D eigenvalue weighted by Gasteiger charge is -2.09. The Balaban J connectivity index is 2.15. The van der Waals surface area contributed by atoms with Crippen LogP contribution in [0, 0.1) is 13.8 Å². The van der Waals surface area contributed by atoms with E-state index in [1.807, 2.05) is 18.2 Å². The third kappa shape index (κ3) is 3.13. The fraction of sp³-hybridized carbons (Fsp3) is 0.188. The molecule has 0 aliphatic rings. The fourth-order valence-electron chi connectivity index (χ4n) is 1.79. The number of esters is 1. The molecule has 0 aromatic heterocycles. The number of carbonyl (C=O) groups is 1. The maximum Gasteiger partial charge on any atom is 0.337 e. The van der Waals surface area contributed by atoms with Gasteiger partial charge in [-0.2, -0.15) is 0 Å². The van der Waals surface area contributed by atoms with Crippen LogP contribution in [0.3, 0.4) is 0 Å². The van der Waals surface area contributed by atoms with E-state index in [2.05, 4.69) is 36.0 Å². The molecule has 0 radical (unpaired) electrons. The van der Waals surface area contributed by atoms with Crippen LogP contribution in [0.15, 0.2) is 42.5 Å². The van der Waals surface area contributed by atoms with E-state index in [0.29, 0.717) is 5.56 Å². The molecule has 2 rings (SSSR count). The molecule has 0 spiro atoms. The number of nitrogens with one attached hydrogen (secondary N) is 1. The van der Waals surface area contributed by atoms with Crippen LogP contribution in [0.25, 0.3) is 0 Å². The van der Waals surface area contributed by atoms with E-state index in [9.17, 15) is 4.79 Å². The van der Waals surface area contributed by atoms with Gasteiger partial charge in [-0.05, 0) is 61.4 Å². The summed E-state index contributed by atoms with van der Waals surface area (Å²) in [5.41, 5.74) is 5.04. The second-order valence-corrected chi connectivity index (χ2v) is 4.49. The molecule has 0 atom stereocenters. The van der Waals surface area contributed by atoms with Gasteiger partial charge in [0.1, 0.15) is 0 Å². The van der Waals surface area contributed by atoms with Crippen LogP contribution in [-0.4, -0.2) is 13.1 Å². The number of hydrogen-bond donors (Lipinski definition) is 1. The highest BCUT2D eigenvalue weighted by Gasteiger charge is 2.04. The minimum Gasteiger partial charge on any atom is -0.465 e. The molecule has 2 aromatic rings. The van der Waals surface area contributed by atoms with Gasteiger partial charge in [0.05, 0.1) is 12.7 Å². The van der Waals surface area contributed by atoms with Crippen molar-refractivity contribution in [2.45, 2.75) is 13.8 Å². The highest BCUT2D eigenvalue weighted by atomic mass is 16.5. The average Bonchev–Trinajstić information content (AvgIpc) is 2.43. The number of ether oxygens (including phenoxy) is 1. The van der Waals surface area contributed by atoms with E-state index in [1.54, 1.807) is 12.1 Å². The number of anilines is 2. The van der Waals surface area contributed by atoms with Gasteiger partial charge in [-0.1, -0.05) is 6.07 Å². The zero-order chi connectivity index (χ0) is 13.8. The van der Waals surface area contributed by atoms with Crippen molar-refractivity contribution >= 4 is 17.3 Å². The Hall–Kier alpha value is -2.29. The minimum absolute atomic E-state index is 0.322. The Morgan fingerprint density at radius 1 is 0.947 bits per heavy atom. The van der Waals surface area contributed by atoms with Gasteiger partial charge in [-0.25, -0.2) is 4.79 Å². The van der Waals surface area contributed by atoms with Crippen LogP contribution < -0.4 is 5.32 Å². The topological polar surface area (TPSA) is 38.3 Å². The molecule has 0 aliphatic heterocycles. The quantitative estimate of drug-likeness (QED) is 0.847. The van der Waals surface area contributed by atoms with Gasteiger partial charge in [-0.15, -0.1) is 0 Å². The molecule has 0 heterocycles. The third-order valence-corrected chi connectivity index (χ3v) is 3.10. The molecule has 0 saturated carbocycles. The summed E-state index contributed by atoms with van der Waals surface area (Å²) < 4.78 is 4.66. The zero-order valence-electron chi connectivity index (χ0n) is 11.4. The van der Waals surface area contributed by atoms with Crippen molar-refractivity contribution in [2.24, 2.45) is 0 Å². The second-order valence-electron chi connectivity index (χ2n) is 4.49. The summed E-state index contributed by atoms with van der Waals surface area (Å²) >= 11 is 0. The molecule has 98 valence electrons. The first-order valence-corrected chi connectivity index (χ1v) is 6.13. The largest absolute Gasteiger partial charge is 0.465 e. The molecule has 1 N–H and O–H groups in total. The van der Waals surface area contributed by atoms with E-state index < -0.39 is 0 Å². The van der Waals surface area contributed by atoms with Crippen molar-refractivity contribution in [1.29, 1.82) is 0 Å². The van der Waals surface area contributed by atoms with Gasteiger partial charge in [0, 0.05) is 11.4 Å². The van der Waals surface area contributed by atoms with Gasteiger partial charge in [0.25, 0.3) is 0 Å². The summed E-state index contributed by atoms with van der Waals surface area (Å²) in [5.74, 6) is -0.322. The summed E-state index contributed by atoms with van der Waals surface area (Å²) in [7, 11) is 1.38. The summed E-state index contributed by atoms with van der Waals surface area (Å²) in [5, 5.41) is 3.30. The molecule has 2 aromatic carbocycles. The predicted molar refractivity (Wildman–Crippen MR) is 77.0 cm³/mol. The van der Waals surface area contributed by atoms with Crippen molar-refractivity contribution in [2.75, 3.05) is 12.4 Å². The number of hydrogen-bond acceptors (Lipinski definition) is 3. The lowest BCUT2D eigenvalue weighted by atomic mass is 10.1. The van der Waals surface area contributed by atoms with Crippen LogP contribution in [0.5, 0.6) is 0 Å². The third-order valence-electron chi connectivity index (χ3n) is 3.10. The molecule has 0 bridgehead atoms. The van der Waals surface area contributed by atoms with Gasteiger partial charge in [0.15, 0.2) is 0 Å². The highest BCUT2D eigenvalue weighted by molar-refractivity contribution is 5.89. The summed E-state index contributed by atoms with van der Waals surface area (Å²) in [6.07, 6.45) is 0. The average molecular weight is 255 g/mol. The Morgan fingerprint density at radius 3 is 2.16 bits per heavy atom. The molecule has 0 amide bonds. The first-order valence-electron chi connectivity index (χ1n) is 6.13. The molecule has 0 aliphatic carbocycles. The summed E-state index contributed by atoms with van der Waals surface area (Å²) in [6.45, 7) is 4.17. The first-order chi connectivity index (χ1) is 9.10. The Labute approximate surface area is 113 Å². The predicted octanol–water partition coefficient (Wildman–Crippen LogP) is 3.83. The summed E-state index contributed by atoms with van der Waals surface area (Å²) in [4.78, 5) is 11.3. The number of benzene rings is 2. The fourth-order valence-corrected chi connectivity index (χ4v) is 1.79. The SMILES string of the molecule is COC(=O)c1ccc(Nc2ccc(C)c(C)c2)cc1. The van der Waals surface area contributed by atoms with E-state index in [-0.39, 0.29) is 5.97 Å². The maximum atomic E-state index is 11.3. The van der Waals surface area contributed by atoms with Gasteiger partial charge >= 0.3 is 5.97 Å². The monoisotopic (exact) mass is 255 g/mol. The lowest BCUT2D eigenvalue weighted by Crippen LogP contribution is -2.01. The molecule has 0 unspecified atom stereocenters. The smallest absolute Gasteiger partial charge is 0.337 e. The molecule has 19 heavy (non-hydrogen) atoms. The number of carbonyl (C=O) groups excluding carboxylic acids is 1. The van der Waals surface area contributed by atoms with Crippen LogP contribution in [0.2, 0.25) is 0 Å². The first kappa shape index (κ1) is 13.1. The number of rotatable bonds is 3. The number of methoxy groups -OCH3 is 1. The van der Waals surface area contributed by atoms with E-state index in [1.165, 1.54) is 18.2 Å². The van der Waals surface area contributed by atoms with E-state index in [4.69, 9.17) is 0 Å². The summed E-state index contributed by atoms with van der Waals surface area (Å²) in [6, 6.07) is 13.4. The van der Waals surface area contributed by atoms with Gasteiger partial charge in [-0.3, -0.25) is 0 Å². The molecule has 3 nitrogen and oxygen atoms in total. The second kappa shape index (κ2) is 5.57. The van der Waals surface area contributed by atoms with Crippen LogP contribution in [-0.2, 0) is 4.74 Å². The number of aryl methyl sites for hydroxylation is 2. The van der Waals surface area contributed by atoms with Gasteiger partial charge in [0.2, 0.25) is 0 Å². The van der Waals surface area contributed by atoms with E-state index >= 15 is 0 Å². The Bertz CT molecular complexity index is 588. The zero-order valence-corrected chi connectivity index (χ0v) is 11.4. The molecule has 0 fully saturated rings. The molecule has 0 saturated heterocycles. The van der Waals surface area contributed by atoms with Crippen molar-refractivity contribution in [3.8, 4) is 0 Å². The molecular weight excluding hydrogens is 238 g/mol. The van der Waals surface area contributed by atoms with Gasteiger partial charge < -0.3 is 10.1 Å². The van der Waals surface area contributed by atoms with Crippen molar-refractivity contribution in [3.05, 3.63) is 59.2 Å². The van der Waals surface area contributed by atoms with Crippen LogP contribution >= 0.6 is 0 Å².